The minimum Gasteiger partial charge on any atom is -0.489 e. The molecular formula is C10H12Br2O3. The Bertz CT molecular complexity index is 305. The van der Waals surface area contributed by atoms with E-state index in [4.69, 9.17) is 14.6 Å². The molecule has 0 saturated heterocycles. The maximum Gasteiger partial charge on any atom is 0.147 e. The van der Waals surface area contributed by atoms with Gasteiger partial charge in [0, 0.05) is 7.11 Å². The van der Waals surface area contributed by atoms with Gasteiger partial charge in [0.25, 0.3) is 0 Å². The van der Waals surface area contributed by atoms with E-state index in [2.05, 4.69) is 31.9 Å². The van der Waals surface area contributed by atoms with E-state index in [-0.39, 0.29) is 6.61 Å². The number of aliphatic hydroxyl groups is 1. The van der Waals surface area contributed by atoms with E-state index in [1.807, 2.05) is 12.1 Å². The van der Waals surface area contributed by atoms with Crippen LogP contribution in [0, 0.1) is 0 Å². The SMILES string of the molecule is COCCOc1c(Br)cc(CO)cc1Br. The van der Waals surface area contributed by atoms with Gasteiger partial charge in [-0.3, -0.25) is 0 Å². The van der Waals surface area contributed by atoms with Gasteiger partial charge >= 0.3 is 0 Å². The van der Waals surface area contributed by atoms with Crippen LogP contribution in [0.4, 0.5) is 0 Å². The minimum atomic E-state index is 0.00948. The highest BCUT2D eigenvalue weighted by atomic mass is 79.9. The molecule has 0 spiro atoms. The van der Waals surface area contributed by atoms with Crippen LogP contribution in [-0.2, 0) is 11.3 Å². The second kappa shape index (κ2) is 6.48. The van der Waals surface area contributed by atoms with Crippen LogP contribution in [0.3, 0.4) is 0 Å². The Hall–Kier alpha value is -0.100. The van der Waals surface area contributed by atoms with Gasteiger partial charge in [0.05, 0.1) is 22.2 Å². The summed E-state index contributed by atoms with van der Waals surface area (Å²) in [6, 6.07) is 3.65. The number of ether oxygens (including phenoxy) is 2. The summed E-state index contributed by atoms with van der Waals surface area (Å²) >= 11 is 6.77. The van der Waals surface area contributed by atoms with Crippen molar-refractivity contribution < 1.29 is 14.6 Å². The number of benzene rings is 1. The Morgan fingerprint density at radius 3 is 2.27 bits per heavy atom. The second-order valence-corrected chi connectivity index (χ2v) is 4.60. The first-order chi connectivity index (χ1) is 7.19. The van der Waals surface area contributed by atoms with Crippen LogP contribution in [0.25, 0.3) is 0 Å². The average Bonchev–Trinajstić information content (AvgIpc) is 2.22. The fraction of sp³-hybridized carbons (Fsp3) is 0.400. The molecule has 0 aliphatic heterocycles. The Labute approximate surface area is 106 Å². The summed E-state index contributed by atoms with van der Waals surface area (Å²) in [6.45, 7) is 1.04. The Balaban J connectivity index is 2.79. The molecule has 3 nitrogen and oxygen atoms in total. The number of rotatable bonds is 5. The number of hydrogen-bond donors (Lipinski definition) is 1. The molecule has 0 aliphatic carbocycles. The summed E-state index contributed by atoms with van der Waals surface area (Å²) in [5.74, 6) is 0.726. The van der Waals surface area contributed by atoms with Crippen LogP contribution in [0.2, 0.25) is 0 Å². The summed E-state index contributed by atoms with van der Waals surface area (Å²) in [4.78, 5) is 0. The summed E-state index contributed by atoms with van der Waals surface area (Å²) in [5, 5.41) is 8.99. The van der Waals surface area contributed by atoms with Crippen molar-refractivity contribution in [3.8, 4) is 5.75 Å². The molecule has 1 aromatic carbocycles. The molecule has 0 amide bonds. The van der Waals surface area contributed by atoms with Crippen LogP contribution in [0.1, 0.15) is 5.56 Å². The number of hydrogen-bond acceptors (Lipinski definition) is 3. The summed E-state index contributed by atoms with van der Waals surface area (Å²) in [6.07, 6.45) is 0. The topological polar surface area (TPSA) is 38.7 Å². The molecule has 0 saturated carbocycles. The van der Waals surface area contributed by atoms with E-state index in [1.54, 1.807) is 7.11 Å². The van der Waals surface area contributed by atoms with E-state index in [0.29, 0.717) is 13.2 Å². The normalized spacial score (nSPS) is 10.4. The lowest BCUT2D eigenvalue weighted by Crippen LogP contribution is -2.05. The summed E-state index contributed by atoms with van der Waals surface area (Å²) in [5.41, 5.74) is 0.827. The van der Waals surface area contributed by atoms with Gasteiger partial charge in [-0.2, -0.15) is 0 Å². The van der Waals surface area contributed by atoms with Crippen LogP contribution >= 0.6 is 31.9 Å². The highest BCUT2D eigenvalue weighted by molar-refractivity contribution is 9.11. The Kier molecular flexibility index (Phi) is 5.60. The highest BCUT2D eigenvalue weighted by Crippen LogP contribution is 2.34. The van der Waals surface area contributed by atoms with E-state index < -0.39 is 0 Å². The number of methoxy groups -OCH3 is 1. The van der Waals surface area contributed by atoms with E-state index in [9.17, 15) is 0 Å². The van der Waals surface area contributed by atoms with E-state index in [1.165, 1.54) is 0 Å². The maximum absolute atomic E-state index is 8.99. The Morgan fingerprint density at radius 1 is 1.20 bits per heavy atom. The van der Waals surface area contributed by atoms with E-state index >= 15 is 0 Å². The van der Waals surface area contributed by atoms with Crippen LogP contribution in [0.5, 0.6) is 5.75 Å². The van der Waals surface area contributed by atoms with Crippen LogP contribution in [0.15, 0.2) is 21.1 Å². The van der Waals surface area contributed by atoms with Gasteiger partial charge in [-0.15, -0.1) is 0 Å². The smallest absolute Gasteiger partial charge is 0.147 e. The van der Waals surface area contributed by atoms with Crippen molar-refractivity contribution in [2.24, 2.45) is 0 Å². The van der Waals surface area contributed by atoms with Gasteiger partial charge in [-0.25, -0.2) is 0 Å². The molecule has 15 heavy (non-hydrogen) atoms. The molecule has 0 aliphatic rings. The number of aliphatic hydroxyl groups excluding tert-OH is 1. The van der Waals surface area contributed by atoms with Gasteiger partial charge in [0.1, 0.15) is 12.4 Å². The third-order valence-corrected chi connectivity index (χ3v) is 2.95. The molecule has 1 N–H and O–H groups in total. The summed E-state index contributed by atoms with van der Waals surface area (Å²) in [7, 11) is 1.63. The molecule has 0 radical (unpaired) electrons. The molecule has 0 unspecified atom stereocenters. The van der Waals surface area contributed by atoms with Crippen molar-refractivity contribution in [1.29, 1.82) is 0 Å². The molecule has 0 aromatic heterocycles. The largest absolute Gasteiger partial charge is 0.489 e. The molecule has 0 heterocycles. The predicted octanol–water partition coefficient (Wildman–Crippen LogP) is 2.73. The first-order valence-electron chi connectivity index (χ1n) is 4.39. The maximum atomic E-state index is 8.99. The summed E-state index contributed by atoms with van der Waals surface area (Å²) < 4.78 is 12.0. The lowest BCUT2D eigenvalue weighted by Gasteiger charge is -2.11. The average molecular weight is 340 g/mol. The number of halogens is 2. The molecule has 0 atom stereocenters. The first kappa shape index (κ1) is 13.0. The predicted molar refractivity (Wildman–Crippen MR) is 65.1 cm³/mol. The van der Waals surface area contributed by atoms with Crippen molar-refractivity contribution >= 4 is 31.9 Å². The van der Waals surface area contributed by atoms with Crippen LogP contribution < -0.4 is 4.74 Å². The van der Waals surface area contributed by atoms with E-state index in [0.717, 1.165) is 20.3 Å². The minimum absolute atomic E-state index is 0.00948. The zero-order chi connectivity index (χ0) is 11.3. The zero-order valence-corrected chi connectivity index (χ0v) is 11.5. The van der Waals surface area contributed by atoms with Gasteiger partial charge in [-0.05, 0) is 49.6 Å². The van der Waals surface area contributed by atoms with Crippen molar-refractivity contribution in [1.82, 2.24) is 0 Å². The van der Waals surface area contributed by atoms with Gasteiger partial charge < -0.3 is 14.6 Å². The third-order valence-electron chi connectivity index (χ3n) is 1.77. The standard InChI is InChI=1S/C10H12Br2O3/c1-14-2-3-15-10-8(11)4-7(6-13)5-9(10)12/h4-5,13H,2-3,6H2,1H3. The van der Waals surface area contributed by atoms with Crippen molar-refractivity contribution in [2.45, 2.75) is 6.61 Å². The van der Waals surface area contributed by atoms with Gasteiger partial charge in [-0.1, -0.05) is 0 Å². The molecular weight excluding hydrogens is 328 g/mol. The highest BCUT2D eigenvalue weighted by Gasteiger charge is 2.08. The first-order valence-corrected chi connectivity index (χ1v) is 5.98. The molecule has 1 aromatic rings. The van der Waals surface area contributed by atoms with Crippen molar-refractivity contribution in [3.63, 3.8) is 0 Å². The van der Waals surface area contributed by atoms with Crippen molar-refractivity contribution in [2.75, 3.05) is 20.3 Å². The molecule has 84 valence electrons. The molecule has 0 fully saturated rings. The molecule has 1 rings (SSSR count). The monoisotopic (exact) mass is 338 g/mol. The third kappa shape index (κ3) is 3.75. The molecule has 0 bridgehead atoms. The van der Waals surface area contributed by atoms with Crippen LogP contribution in [-0.4, -0.2) is 25.4 Å². The zero-order valence-electron chi connectivity index (χ0n) is 8.30. The van der Waals surface area contributed by atoms with Gasteiger partial charge in [0.15, 0.2) is 0 Å². The fourth-order valence-corrected chi connectivity index (χ4v) is 2.58. The second-order valence-electron chi connectivity index (χ2n) is 2.89. The molecule has 5 heteroatoms. The quantitative estimate of drug-likeness (QED) is 0.838. The van der Waals surface area contributed by atoms with Gasteiger partial charge in [0.2, 0.25) is 0 Å². The van der Waals surface area contributed by atoms with Crippen molar-refractivity contribution in [3.05, 3.63) is 26.6 Å². The fourth-order valence-electron chi connectivity index (χ4n) is 1.07. The lowest BCUT2D eigenvalue weighted by molar-refractivity contribution is 0.145. The Morgan fingerprint density at radius 2 is 1.80 bits per heavy atom. The lowest BCUT2D eigenvalue weighted by atomic mass is 10.2.